The predicted octanol–water partition coefficient (Wildman–Crippen LogP) is 0.852. The number of nitrogens with zero attached hydrogens (tertiary/aromatic N) is 1. The third-order valence-electron chi connectivity index (χ3n) is 3.03. The first kappa shape index (κ1) is 10.3. The number of fused-ring (bicyclic) bond motifs is 1. The number of hydrogen-bond acceptors (Lipinski definition) is 6. The highest BCUT2D eigenvalue weighted by molar-refractivity contribution is 6.30. The van der Waals surface area contributed by atoms with Gasteiger partial charge in [0, 0.05) is 13.0 Å². The van der Waals surface area contributed by atoms with Crippen LogP contribution in [0.2, 0.25) is 0 Å². The molecule has 1 aromatic rings. The molecule has 3 rings (SSSR count). The zero-order valence-electron chi connectivity index (χ0n) is 9.26. The van der Waals surface area contributed by atoms with Gasteiger partial charge in [0.2, 0.25) is 0 Å². The van der Waals surface area contributed by atoms with E-state index in [2.05, 4.69) is 0 Å². The van der Waals surface area contributed by atoms with E-state index in [9.17, 15) is 9.59 Å². The van der Waals surface area contributed by atoms with Gasteiger partial charge >= 0.3 is 11.9 Å². The van der Waals surface area contributed by atoms with Crippen molar-refractivity contribution in [2.45, 2.75) is 25.5 Å². The van der Waals surface area contributed by atoms with Crippen molar-refractivity contribution in [3.8, 4) is 0 Å². The Morgan fingerprint density at radius 1 is 1.29 bits per heavy atom. The number of rotatable bonds is 1. The second-order valence-corrected chi connectivity index (χ2v) is 4.17. The molecule has 2 aliphatic heterocycles. The van der Waals surface area contributed by atoms with E-state index in [0.29, 0.717) is 24.5 Å². The van der Waals surface area contributed by atoms with Gasteiger partial charge in [-0.05, 0) is 25.5 Å². The molecule has 6 nitrogen and oxygen atoms in total. The van der Waals surface area contributed by atoms with Crippen LogP contribution >= 0.6 is 0 Å². The van der Waals surface area contributed by atoms with E-state index in [-0.39, 0.29) is 0 Å². The highest BCUT2D eigenvalue weighted by Crippen LogP contribution is 2.43. The zero-order valence-corrected chi connectivity index (χ0v) is 9.26. The summed E-state index contributed by atoms with van der Waals surface area (Å²) in [4.78, 5) is 27.5. The van der Waals surface area contributed by atoms with Crippen LogP contribution < -0.4 is 0 Å². The Morgan fingerprint density at radius 2 is 2.12 bits per heavy atom. The lowest BCUT2D eigenvalue weighted by atomic mass is 10.1. The molecule has 17 heavy (non-hydrogen) atoms. The first-order chi connectivity index (χ1) is 8.12. The van der Waals surface area contributed by atoms with Crippen molar-refractivity contribution < 1.29 is 23.6 Å². The van der Waals surface area contributed by atoms with E-state index in [0.717, 1.165) is 6.42 Å². The van der Waals surface area contributed by atoms with Crippen LogP contribution in [0.5, 0.6) is 0 Å². The number of esters is 1. The molecule has 0 radical (unpaired) electrons. The Balaban J connectivity index is 2.04. The van der Waals surface area contributed by atoms with Crippen LogP contribution in [-0.4, -0.2) is 23.5 Å². The monoisotopic (exact) mass is 237 g/mol. The van der Waals surface area contributed by atoms with Gasteiger partial charge in [0.15, 0.2) is 5.76 Å². The van der Waals surface area contributed by atoms with Crippen LogP contribution in [0.4, 0.5) is 0 Å². The Labute approximate surface area is 97.0 Å². The number of hydrogen-bond donors (Lipinski definition) is 0. The molecule has 0 spiro atoms. The first-order valence-electron chi connectivity index (χ1n) is 5.42. The number of carbonyl (C=O) groups is 2. The summed E-state index contributed by atoms with van der Waals surface area (Å²) in [6.07, 6.45) is 1.32. The summed E-state index contributed by atoms with van der Waals surface area (Å²) in [5.74, 6) is -0.745. The van der Waals surface area contributed by atoms with Crippen LogP contribution in [0.3, 0.4) is 0 Å². The average Bonchev–Trinajstić information content (AvgIpc) is 2.86. The zero-order chi connectivity index (χ0) is 12.0. The molecule has 6 heteroatoms. The Hall–Kier alpha value is -1.82. The maximum atomic E-state index is 11.4. The first-order valence-corrected chi connectivity index (χ1v) is 5.42. The third kappa shape index (κ3) is 1.37. The lowest BCUT2D eigenvalue weighted by Crippen LogP contribution is -2.52. The fourth-order valence-corrected chi connectivity index (χ4v) is 2.26. The van der Waals surface area contributed by atoms with Gasteiger partial charge in [-0.3, -0.25) is 0 Å². The SMILES string of the molecule is Cc1ccc(C23CCCN2OC(=O)C(=O)O3)o1. The van der Waals surface area contributed by atoms with E-state index in [4.69, 9.17) is 14.0 Å². The maximum Gasteiger partial charge on any atom is 0.436 e. The molecular weight excluding hydrogens is 226 g/mol. The van der Waals surface area contributed by atoms with Crippen molar-refractivity contribution in [1.29, 1.82) is 0 Å². The Morgan fingerprint density at radius 3 is 2.82 bits per heavy atom. The van der Waals surface area contributed by atoms with E-state index in [1.807, 2.05) is 0 Å². The molecular formula is C11H11NO5. The minimum atomic E-state index is -1.07. The van der Waals surface area contributed by atoms with E-state index >= 15 is 0 Å². The van der Waals surface area contributed by atoms with Crippen molar-refractivity contribution in [2.75, 3.05) is 6.54 Å². The molecule has 3 heterocycles. The lowest BCUT2D eigenvalue weighted by molar-refractivity contribution is -0.302. The Bertz CT molecular complexity index is 494. The summed E-state index contributed by atoms with van der Waals surface area (Å²) in [6.45, 7) is 2.33. The number of hydroxylamine groups is 2. The van der Waals surface area contributed by atoms with Crippen molar-refractivity contribution in [3.63, 3.8) is 0 Å². The smallest absolute Gasteiger partial charge is 0.436 e. The number of aryl methyl sites for hydroxylation is 1. The lowest BCUT2D eigenvalue weighted by Gasteiger charge is -2.36. The number of carbonyl (C=O) groups excluding carboxylic acids is 2. The van der Waals surface area contributed by atoms with Crippen LogP contribution in [0.25, 0.3) is 0 Å². The normalized spacial score (nSPS) is 28.8. The van der Waals surface area contributed by atoms with Crippen molar-refractivity contribution in [1.82, 2.24) is 5.06 Å². The van der Waals surface area contributed by atoms with Crippen molar-refractivity contribution in [2.24, 2.45) is 0 Å². The molecule has 0 saturated carbocycles. The van der Waals surface area contributed by atoms with Gasteiger partial charge in [-0.1, -0.05) is 5.06 Å². The summed E-state index contributed by atoms with van der Waals surface area (Å²) in [6, 6.07) is 3.52. The van der Waals surface area contributed by atoms with Crippen LogP contribution in [0, 0.1) is 6.92 Å². The summed E-state index contributed by atoms with van der Waals surface area (Å²) >= 11 is 0. The average molecular weight is 237 g/mol. The van der Waals surface area contributed by atoms with Crippen molar-refractivity contribution in [3.05, 3.63) is 23.7 Å². The second kappa shape index (κ2) is 3.33. The second-order valence-electron chi connectivity index (χ2n) is 4.17. The maximum absolute atomic E-state index is 11.4. The Kier molecular flexibility index (Phi) is 2.03. The van der Waals surface area contributed by atoms with Crippen LogP contribution in [0.1, 0.15) is 24.4 Å². The highest BCUT2D eigenvalue weighted by Gasteiger charge is 2.56. The van der Waals surface area contributed by atoms with Crippen molar-refractivity contribution >= 4 is 11.9 Å². The van der Waals surface area contributed by atoms with Gasteiger partial charge in [-0.15, -0.1) is 0 Å². The summed E-state index contributed by atoms with van der Waals surface area (Å²) < 4.78 is 10.7. The highest BCUT2D eigenvalue weighted by atomic mass is 16.8. The topological polar surface area (TPSA) is 69.0 Å². The van der Waals surface area contributed by atoms with Gasteiger partial charge in [-0.25, -0.2) is 9.59 Å². The largest absolute Gasteiger partial charge is 0.460 e. The van der Waals surface area contributed by atoms with Gasteiger partial charge < -0.3 is 14.0 Å². The number of ether oxygens (including phenoxy) is 1. The molecule has 1 atom stereocenters. The summed E-state index contributed by atoms with van der Waals surface area (Å²) in [5, 5.41) is 1.38. The molecule has 90 valence electrons. The third-order valence-corrected chi connectivity index (χ3v) is 3.03. The van der Waals surface area contributed by atoms with Crippen LogP contribution in [0.15, 0.2) is 16.5 Å². The minimum Gasteiger partial charge on any atom is -0.460 e. The van der Waals surface area contributed by atoms with Gasteiger partial charge in [0.1, 0.15) is 5.76 Å². The van der Waals surface area contributed by atoms with E-state index in [1.54, 1.807) is 19.1 Å². The molecule has 0 amide bonds. The van der Waals surface area contributed by atoms with Gasteiger partial charge in [0.05, 0.1) is 0 Å². The van der Waals surface area contributed by atoms with Gasteiger partial charge in [0.25, 0.3) is 5.72 Å². The molecule has 0 N–H and O–H groups in total. The molecule has 1 aromatic heterocycles. The summed E-state index contributed by atoms with van der Waals surface area (Å²) in [5.41, 5.74) is -1.07. The molecule has 1 unspecified atom stereocenters. The molecule has 2 aliphatic rings. The summed E-state index contributed by atoms with van der Waals surface area (Å²) in [7, 11) is 0. The minimum absolute atomic E-state index is 0.494. The quantitative estimate of drug-likeness (QED) is 0.532. The fourth-order valence-electron chi connectivity index (χ4n) is 2.26. The fraction of sp³-hybridized carbons (Fsp3) is 0.455. The van der Waals surface area contributed by atoms with Gasteiger partial charge in [-0.2, -0.15) is 0 Å². The standard InChI is InChI=1S/C11H11NO5/c1-7-3-4-8(15-7)11-5-2-6-12(11)17-10(14)9(13)16-11/h3-4H,2,5-6H2,1H3. The molecule has 0 bridgehead atoms. The molecule has 2 saturated heterocycles. The number of furan rings is 1. The molecule has 0 aliphatic carbocycles. The molecule has 2 fully saturated rings. The molecule has 0 aromatic carbocycles. The van der Waals surface area contributed by atoms with Crippen LogP contribution in [-0.2, 0) is 24.9 Å². The van der Waals surface area contributed by atoms with E-state index < -0.39 is 17.7 Å². The predicted molar refractivity (Wildman–Crippen MR) is 53.2 cm³/mol. The van der Waals surface area contributed by atoms with E-state index in [1.165, 1.54) is 5.06 Å².